The second-order valence-corrected chi connectivity index (χ2v) is 20.0. The minimum absolute atomic E-state index is 1.05. The summed E-state index contributed by atoms with van der Waals surface area (Å²) in [6.07, 6.45) is 0. The molecule has 0 bridgehead atoms. The second kappa shape index (κ2) is 2.78. The summed E-state index contributed by atoms with van der Waals surface area (Å²) in [5.74, 6) is 0. The standard InChI is InChI=1S/C7H22N2Si3/c1-10(2)7-11(3,4)9-12(5,6)8-10/h8-9H,7H2,1-6H3. The van der Waals surface area contributed by atoms with Gasteiger partial charge in [-0.15, -0.1) is 0 Å². The van der Waals surface area contributed by atoms with Crippen LogP contribution in [-0.4, -0.2) is 24.9 Å². The lowest BCUT2D eigenvalue weighted by molar-refractivity contribution is 1.11. The molecule has 1 fully saturated rings. The fraction of sp³-hybridized carbons (Fsp3) is 1.00. The molecular formula is C7H22N2Si3. The third kappa shape index (κ3) is 2.81. The number of hydrogen-bond acceptors (Lipinski definition) is 2. The lowest BCUT2D eigenvalue weighted by Crippen LogP contribution is -2.79. The Morgan fingerprint density at radius 2 is 1.08 bits per heavy atom. The first kappa shape index (κ1) is 10.7. The summed E-state index contributed by atoms with van der Waals surface area (Å²) in [6, 6.07) is 0. The van der Waals surface area contributed by atoms with Gasteiger partial charge in [0.15, 0.2) is 8.40 Å². The van der Waals surface area contributed by atoms with Crippen molar-refractivity contribution in [1.82, 2.24) is 9.30 Å². The molecule has 0 amide bonds. The van der Waals surface area contributed by atoms with Crippen molar-refractivity contribution in [3.63, 3.8) is 0 Å². The van der Waals surface area contributed by atoms with Crippen LogP contribution >= 0.6 is 0 Å². The van der Waals surface area contributed by atoms with Gasteiger partial charge in [0.1, 0.15) is 16.5 Å². The zero-order chi connectivity index (χ0) is 9.62. The molecule has 5 heteroatoms. The molecule has 2 N–H and O–H groups in total. The molecule has 1 saturated heterocycles. The molecule has 0 atom stereocenters. The molecule has 0 aliphatic carbocycles. The molecule has 72 valence electrons. The highest BCUT2D eigenvalue weighted by molar-refractivity contribution is 7.07. The summed E-state index contributed by atoms with van der Waals surface area (Å²) in [5.41, 5.74) is 1.47. The Morgan fingerprint density at radius 1 is 0.750 bits per heavy atom. The van der Waals surface area contributed by atoms with Gasteiger partial charge < -0.3 is 9.30 Å². The van der Waals surface area contributed by atoms with Crippen molar-refractivity contribution in [1.29, 1.82) is 0 Å². The van der Waals surface area contributed by atoms with Crippen LogP contribution in [0.2, 0.25) is 44.9 Å². The number of hydrogen-bond donors (Lipinski definition) is 2. The lowest BCUT2D eigenvalue weighted by Gasteiger charge is -2.48. The quantitative estimate of drug-likeness (QED) is 0.606. The molecule has 0 aromatic heterocycles. The normalized spacial score (nSPS) is 31.5. The van der Waals surface area contributed by atoms with Crippen molar-refractivity contribution < 1.29 is 0 Å². The first-order chi connectivity index (χ1) is 5.12. The highest BCUT2D eigenvalue weighted by Crippen LogP contribution is 2.22. The van der Waals surface area contributed by atoms with E-state index in [2.05, 4.69) is 48.6 Å². The van der Waals surface area contributed by atoms with Gasteiger partial charge in [0, 0.05) is 0 Å². The molecule has 1 aliphatic rings. The summed E-state index contributed by atoms with van der Waals surface area (Å²) < 4.78 is 7.78. The molecule has 2 nitrogen and oxygen atoms in total. The fourth-order valence-electron chi connectivity index (χ4n) is 2.92. The maximum atomic E-state index is 3.89. The second-order valence-electron chi connectivity index (χ2n) is 5.82. The van der Waals surface area contributed by atoms with Gasteiger partial charge in [-0.3, -0.25) is 0 Å². The molecule has 0 aromatic rings. The van der Waals surface area contributed by atoms with Gasteiger partial charge in [-0.05, 0) is 18.8 Å². The van der Waals surface area contributed by atoms with Crippen molar-refractivity contribution in [3.05, 3.63) is 0 Å². The van der Waals surface area contributed by atoms with Gasteiger partial charge in [0.2, 0.25) is 0 Å². The molecular weight excluding hydrogens is 196 g/mol. The van der Waals surface area contributed by atoms with E-state index >= 15 is 0 Å². The van der Waals surface area contributed by atoms with Crippen molar-refractivity contribution in [2.24, 2.45) is 0 Å². The van der Waals surface area contributed by atoms with Crippen LogP contribution in [0.4, 0.5) is 0 Å². The Kier molecular flexibility index (Phi) is 2.47. The summed E-state index contributed by atoms with van der Waals surface area (Å²) in [7, 11) is -3.34. The monoisotopic (exact) mass is 218 g/mol. The fourth-order valence-corrected chi connectivity index (χ4v) is 28.4. The van der Waals surface area contributed by atoms with Crippen LogP contribution in [0.5, 0.6) is 0 Å². The first-order valence-corrected chi connectivity index (χ1v) is 14.1. The maximum Gasteiger partial charge on any atom is 0.181 e. The van der Waals surface area contributed by atoms with Gasteiger partial charge >= 0.3 is 0 Å². The average molecular weight is 219 g/mol. The Bertz CT molecular complexity index is 144. The van der Waals surface area contributed by atoms with Gasteiger partial charge in [0.25, 0.3) is 0 Å². The Labute approximate surface area is 79.5 Å². The van der Waals surface area contributed by atoms with Crippen LogP contribution in [0.3, 0.4) is 0 Å². The predicted octanol–water partition coefficient (Wildman–Crippen LogP) is 1.83. The highest BCUT2D eigenvalue weighted by Gasteiger charge is 2.44. The minimum atomic E-state index is -1.24. The lowest BCUT2D eigenvalue weighted by atomic mass is 11.8. The van der Waals surface area contributed by atoms with E-state index in [1.807, 2.05) is 0 Å². The van der Waals surface area contributed by atoms with E-state index in [0.717, 1.165) is 0 Å². The van der Waals surface area contributed by atoms with Crippen LogP contribution < -0.4 is 9.30 Å². The van der Waals surface area contributed by atoms with Crippen LogP contribution in [0.15, 0.2) is 0 Å². The molecule has 1 aliphatic heterocycles. The van der Waals surface area contributed by atoms with E-state index in [1.54, 1.807) is 0 Å². The van der Waals surface area contributed by atoms with Crippen molar-refractivity contribution in [3.8, 4) is 0 Å². The van der Waals surface area contributed by atoms with Gasteiger partial charge in [-0.2, -0.15) is 0 Å². The molecule has 1 rings (SSSR count). The van der Waals surface area contributed by atoms with Crippen molar-refractivity contribution in [2.75, 3.05) is 0 Å². The Hall–Kier alpha value is 0.571. The van der Waals surface area contributed by atoms with Crippen molar-refractivity contribution in [2.45, 2.75) is 44.9 Å². The molecule has 0 aromatic carbocycles. The summed E-state index contributed by atoms with van der Waals surface area (Å²) in [6.45, 7) is 14.7. The average Bonchev–Trinajstić information content (AvgIpc) is 1.44. The number of rotatable bonds is 0. The van der Waals surface area contributed by atoms with Gasteiger partial charge in [-0.25, -0.2) is 0 Å². The van der Waals surface area contributed by atoms with E-state index in [4.69, 9.17) is 0 Å². The Morgan fingerprint density at radius 3 is 1.33 bits per heavy atom. The Balaban J connectivity index is 2.81. The highest BCUT2D eigenvalue weighted by atomic mass is 28.5. The van der Waals surface area contributed by atoms with Crippen LogP contribution in [-0.2, 0) is 0 Å². The third-order valence-corrected chi connectivity index (χ3v) is 19.7. The maximum absolute atomic E-state index is 3.89. The predicted molar refractivity (Wildman–Crippen MR) is 63.5 cm³/mol. The van der Waals surface area contributed by atoms with Gasteiger partial charge in [-0.1, -0.05) is 26.2 Å². The largest absolute Gasteiger partial charge is 0.348 e. The van der Waals surface area contributed by atoms with Crippen LogP contribution in [0, 0.1) is 0 Å². The molecule has 0 radical (unpaired) electrons. The summed E-state index contributed by atoms with van der Waals surface area (Å²) >= 11 is 0. The SMILES string of the molecule is C[Si]1(C)C[Si](C)(C)N[Si](C)(C)N1. The van der Waals surface area contributed by atoms with Crippen molar-refractivity contribution >= 4 is 24.9 Å². The smallest absolute Gasteiger partial charge is 0.181 e. The first-order valence-electron chi connectivity index (χ1n) is 4.71. The summed E-state index contributed by atoms with van der Waals surface area (Å²) in [4.78, 5) is 0. The van der Waals surface area contributed by atoms with E-state index in [0.29, 0.717) is 0 Å². The van der Waals surface area contributed by atoms with Crippen LogP contribution in [0.1, 0.15) is 0 Å². The van der Waals surface area contributed by atoms with E-state index in [1.165, 1.54) is 5.67 Å². The third-order valence-electron chi connectivity index (χ3n) is 2.19. The zero-order valence-corrected chi connectivity index (χ0v) is 12.2. The molecule has 0 saturated carbocycles. The molecule has 0 spiro atoms. The van der Waals surface area contributed by atoms with E-state index in [-0.39, 0.29) is 0 Å². The number of nitrogens with one attached hydrogen (secondary N) is 2. The topological polar surface area (TPSA) is 24.1 Å². The zero-order valence-electron chi connectivity index (χ0n) is 9.21. The van der Waals surface area contributed by atoms with Crippen LogP contribution in [0.25, 0.3) is 0 Å². The molecule has 0 unspecified atom stereocenters. The molecule has 12 heavy (non-hydrogen) atoms. The van der Waals surface area contributed by atoms with E-state index < -0.39 is 24.9 Å². The molecule has 1 heterocycles. The van der Waals surface area contributed by atoms with Gasteiger partial charge in [0.05, 0.1) is 0 Å². The van der Waals surface area contributed by atoms with E-state index in [9.17, 15) is 0 Å². The summed E-state index contributed by atoms with van der Waals surface area (Å²) in [5, 5.41) is 0. The minimum Gasteiger partial charge on any atom is -0.348 e.